The lowest BCUT2D eigenvalue weighted by atomic mass is 9.65. The van der Waals surface area contributed by atoms with Gasteiger partial charge in [0.15, 0.2) is 0 Å². The van der Waals surface area contributed by atoms with Gasteiger partial charge in [0.2, 0.25) is 5.91 Å². The first-order valence-electron chi connectivity index (χ1n) is 8.46. The van der Waals surface area contributed by atoms with Crippen molar-refractivity contribution in [3.63, 3.8) is 0 Å². The topological polar surface area (TPSA) is 64.3 Å². The minimum Gasteiger partial charge on any atom is -0.494 e. The lowest BCUT2D eigenvalue weighted by Gasteiger charge is -2.43. The van der Waals surface area contributed by atoms with Crippen molar-refractivity contribution in [2.45, 2.75) is 45.1 Å². The predicted octanol–water partition coefficient (Wildman–Crippen LogP) is 3.60. The Hall–Kier alpha value is -1.26. The summed E-state index contributed by atoms with van der Waals surface area (Å²) < 4.78 is 5.48. The van der Waals surface area contributed by atoms with Crippen LogP contribution in [0.25, 0.3) is 0 Å². The van der Waals surface area contributed by atoms with Crippen molar-refractivity contribution in [1.82, 2.24) is 0 Å². The molecule has 0 spiro atoms. The second kappa shape index (κ2) is 8.02. The maximum atomic E-state index is 12.6. The van der Waals surface area contributed by atoms with Crippen molar-refractivity contribution in [2.75, 3.05) is 11.9 Å². The van der Waals surface area contributed by atoms with Crippen molar-refractivity contribution < 1.29 is 9.53 Å². The second-order valence-corrected chi connectivity index (χ2v) is 6.65. The number of nitrogens with two attached hydrogens (primary N) is 1. The first kappa shape index (κ1) is 18.1. The van der Waals surface area contributed by atoms with Gasteiger partial charge >= 0.3 is 0 Å². The fourth-order valence-electron chi connectivity index (χ4n) is 4.08. The summed E-state index contributed by atoms with van der Waals surface area (Å²) in [5, 5.41) is 3.05. The average molecular weight is 339 g/mol. The van der Waals surface area contributed by atoms with E-state index in [1.54, 1.807) is 0 Å². The first-order chi connectivity index (χ1) is 10.7. The molecular weight excluding hydrogens is 312 g/mol. The second-order valence-electron chi connectivity index (χ2n) is 6.65. The standard InChI is InChI=1S/C18H26N2O2.ClH/c1-2-22-16-8-4-7-15(11-16)20-18(21)14-9-12-5-3-6-13(10-14)17(12)19;/h4,7-8,11-14,17H,2-3,5-6,9-10,19H2,1H3,(H,20,21);1H. The minimum absolute atomic E-state index is 0. The molecule has 1 amide bonds. The molecule has 0 radical (unpaired) electrons. The van der Waals surface area contributed by atoms with Crippen LogP contribution >= 0.6 is 12.4 Å². The van der Waals surface area contributed by atoms with Crippen LogP contribution in [0.3, 0.4) is 0 Å². The van der Waals surface area contributed by atoms with E-state index in [4.69, 9.17) is 10.5 Å². The Bertz CT molecular complexity index is 524. The van der Waals surface area contributed by atoms with Gasteiger partial charge in [-0.3, -0.25) is 4.79 Å². The van der Waals surface area contributed by atoms with Gasteiger partial charge in [-0.25, -0.2) is 0 Å². The highest BCUT2D eigenvalue weighted by molar-refractivity contribution is 5.92. The summed E-state index contributed by atoms with van der Waals surface area (Å²) in [6, 6.07) is 7.92. The number of ether oxygens (including phenoxy) is 1. The lowest BCUT2D eigenvalue weighted by Crippen LogP contribution is -2.48. The largest absolute Gasteiger partial charge is 0.494 e. The molecule has 0 heterocycles. The highest BCUT2D eigenvalue weighted by atomic mass is 35.5. The van der Waals surface area contributed by atoms with E-state index < -0.39 is 0 Å². The van der Waals surface area contributed by atoms with Crippen LogP contribution in [0.2, 0.25) is 0 Å². The van der Waals surface area contributed by atoms with Gasteiger partial charge in [-0.2, -0.15) is 0 Å². The van der Waals surface area contributed by atoms with Crippen LogP contribution in [0.1, 0.15) is 39.0 Å². The molecule has 0 aliphatic heterocycles. The molecule has 0 aromatic heterocycles. The average Bonchev–Trinajstić information content (AvgIpc) is 2.47. The number of nitrogens with one attached hydrogen (secondary N) is 1. The Morgan fingerprint density at radius 3 is 2.65 bits per heavy atom. The third kappa shape index (κ3) is 4.18. The van der Waals surface area contributed by atoms with E-state index >= 15 is 0 Å². The van der Waals surface area contributed by atoms with E-state index in [1.807, 2.05) is 31.2 Å². The van der Waals surface area contributed by atoms with E-state index in [-0.39, 0.29) is 24.2 Å². The number of benzene rings is 1. The summed E-state index contributed by atoms with van der Waals surface area (Å²) in [5.74, 6) is 2.09. The van der Waals surface area contributed by atoms with Crippen LogP contribution in [0, 0.1) is 17.8 Å². The highest BCUT2D eigenvalue weighted by Gasteiger charge is 2.40. The number of hydrogen-bond donors (Lipinski definition) is 2. The van der Waals surface area contributed by atoms with Crippen LogP contribution in [0.5, 0.6) is 5.75 Å². The maximum Gasteiger partial charge on any atom is 0.227 e. The molecule has 2 aliphatic rings. The van der Waals surface area contributed by atoms with Gasteiger partial charge in [0.25, 0.3) is 0 Å². The molecule has 1 aromatic rings. The van der Waals surface area contributed by atoms with Crippen LogP contribution in [0.4, 0.5) is 5.69 Å². The molecule has 2 unspecified atom stereocenters. The number of halogens is 1. The van der Waals surface area contributed by atoms with Crippen molar-refractivity contribution >= 4 is 24.0 Å². The van der Waals surface area contributed by atoms with Gasteiger partial charge in [0.1, 0.15) is 5.75 Å². The fourth-order valence-corrected chi connectivity index (χ4v) is 4.08. The zero-order chi connectivity index (χ0) is 15.5. The summed E-state index contributed by atoms with van der Waals surface area (Å²) in [7, 11) is 0. The summed E-state index contributed by atoms with van der Waals surface area (Å²) in [5.41, 5.74) is 7.12. The van der Waals surface area contributed by atoms with Crippen LogP contribution in [0.15, 0.2) is 24.3 Å². The summed E-state index contributed by atoms with van der Waals surface area (Å²) >= 11 is 0. The first-order valence-corrected chi connectivity index (χ1v) is 8.46. The minimum atomic E-state index is 0. The zero-order valence-corrected chi connectivity index (χ0v) is 14.5. The Morgan fingerprint density at radius 1 is 1.30 bits per heavy atom. The smallest absolute Gasteiger partial charge is 0.227 e. The quantitative estimate of drug-likeness (QED) is 0.881. The van der Waals surface area contributed by atoms with Crippen LogP contribution in [-0.4, -0.2) is 18.6 Å². The number of rotatable bonds is 4. The lowest BCUT2D eigenvalue weighted by molar-refractivity contribution is -0.122. The molecule has 5 heteroatoms. The van der Waals surface area contributed by atoms with Crippen LogP contribution in [-0.2, 0) is 4.79 Å². The molecule has 128 valence electrons. The van der Waals surface area contributed by atoms with Gasteiger partial charge in [0.05, 0.1) is 6.61 Å². The molecule has 0 saturated heterocycles. The number of anilines is 1. The number of amides is 1. The molecule has 2 saturated carbocycles. The Balaban J connectivity index is 0.00000192. The molecule has 2 bridgehead atoms. The zero-order valence-electron chi connectivity index (χ0n) is 13.7. The Morgan fingerprint density at radius 2 is 2.00 bits per heavy atom. The summed E-state index contributed by atoms with van der Waals surface area (Å²) in [6.45, 7) is 2.58. The molecule has 3 N–H and O–H groups in total. The number of carbonyl (C=O) groups is 1. The SMILES string of the molecule is CCOc1cccc(NC(=O)C2CC3CCCC(C2)C3N)c1.Cl. The molecule has 2 atom stereocenters. The molecule has 3 rings (SSSR count). The van der Waals surface area contributed by atoms with E-state index in [0.717, 1.165) is 24.3 Å². The number of hydrogen-bond acceptors (Lipinski definition) is 3. The van der Waals surface area contributed by atoms with Crippen LogP contribution < -0.4 is 15.8 Å². The molecular formula is C18H27ClN2O2. The summed E-state index contributed by atoms with van der Waals surface area (Å²) in [4.78, 5) is 12.6. The van der Waals surface area contributed by atoms with Gasteiger partial charge < -0.3 is 15.8 Å². The van der Waals surface area contributed by atoms with E-state index in [9.17, 15) is 4.79 Å². The van der Waals surface area contributed by atoms with Crippen molar-refractivity contribution in [1.29, 1.82) is 0 Å². The normalized spacial score (nSPS) is 29.3. The van der Waals surface area contributed by atoms with Crippen molar-refractivity contribution in [2.24, 2.45) is 23.5 Å². The van der Waals surface area contributed by atoms with Gasteiger partial charge in [0, 0.05) is 23.7 Å². The number of fused-ring (bicyclic) bond motifs is 2. The molecule has 4 nitrogen and oxygen atoms in total. The maximum absolute atomic E-state index is 12.6. The number of carbonyl (C=O) groups excluding carboxylic acids is 1. The monoisotopic (exact) mass is 338 g/mol. The van der Waals surface area contributed by atoms with Crippen molar-refractivity contribution in [3.8, 4) is 5.75 Å². The highest BCUT2D eigenvalue weighted by Crippen LogP contribution is 2.42. The van der Waals surface area contributed by atoms with Gasteiger partial charge in [-0.05, 0) is 56.6 Å². The summed E-state index contributed by atoms with van der Waals surface area (Å²) in [6.07, 6.45) is 5.51. The molecule has 1 aromatic carbocycles. The molecule has 2 fully saturated rings. The van der Waals surface area contributed by atoms with Gasteiger partial charge in [-0.15, -0.1) is 12.4 Å². The van der Waals surface area contributed by atoms with E-state index in [0.29, 0.717) is 24.5 Å². The predicted molar refractivity (Wildman–Crippen MR) is 95.0 cm³/mol. The van der Waals surface area contributed by atoms with E-state index in [1.165, 1.54) is 19.3 Å². The molecule has 23 heavy (non-hydrogen) atoms. The fraction of sp³-hybridized carbons (Fsp3) is 0.611. The van der Waals surface area contributed by atoms with Gasteiger partial charge in [-0.1, -0.05) is 12.5 Å². The third-order valence-corrected chi connectivity index (χ3v) is 5.20. The van der Waals surface area contributed by atoms with E-state index in [2.05, 4.69) is 5.32 Å². The van der Waals surface area contributed by atoms with Crippen molar-refractivity contribution in [3.05, 3.63) is 24.3 Å². The third-order valence-electron chi connectivity index (χ3n) is 5.20. The Labute approximate surface area is 144 Å². The Kier molecular flexibility index (Phi) is 6.31. The molecule has 2 aliphatic carbocycles.